The van der Waals surface area contributed by atoms with Crippen LogP contribution in [0.2, 0.25) is 0 Å². The van der Waals surface area contributed by atoms with E-state index >= 15 is 0 Å². The van der Waals surface area contributed by atoms with Crippen LogP contribution in [0.1, 0.15) is 44.7 Å². The van der Waals surface area contributed by atoms with Gasteiger partial charge in [0, 0.05) is 27.7 Å². The summed E-state index contributed by atoms with van der Waals surface area (Å²) in [4.78, 5) is 76.2. The number of ether oxygens (including phenoxy) is 5. The molecule has 3 heterocycles. The van der Waals surface area contributed by atoms with E-state index in [1.54, 1.807) is 60.7 Å². The van der Waals surface area contributed by atoms with Gasteiger partial charge in [0.05, 0.1) is 0 Å². The third kappa shape index (κ3) is 7.57. The number of rotatable bonds is 11. The molecule has 16 nitrogen and oxygen atoms in total. The summed E-state index contributed by atoms with van der Waals surface area (Å²) in [6.07, 6.45) is -5.28. The lowest BCUT2D eigenvalue weighted by Gasteiger charge is -2.43. The highest BCUT2D eigenvalue weighted by molar-refractivity contribution is 7.99. The summed E-state index contributed by atoms with van der Waals surface area (Å²) in [5.41, 5.74) is -1.74. The van der Waals surface area contributed by atoms with Gasteiger partial charge in [-0.05, 0) is 22.9 Å². The van der Waals surface area contributed by atoms with Gasteiger partial charge < -0.3 is 28.1 Å². The molecule has 2 aliphatic rings. The SMILES string of the molecule is CC(=O)OC[C@H]1O[C@@H](Sc2nnc(CN3C(=O)NC(=O)C3(c3ccccc3)c3ccccc3)o2)[C@H](OC(C)=O)[C@@H](OC(C)=O)[C@@H]1OC(C)=O. The molecular formula is C32H32N4O12S. The minimum absolute atomic E-state index is 0.0609. The van der Waals surface area contributed by atoms with Crippen LogP contribution in [0.25, 0.3) is 0 Å². The van der Waals surface area contributed by atoms with Gasteiger partial charge in [0.2, 0.25) is 5.89 Å². The smallest absolute Gasteiger partial charge is 0.326 e. The number of amides is 3. The maximum Gasteiger partial charge on any atom is 0.326 e. The van der Waals surface area contributed by atoms with E-state index in [0.717, 1.165) is 32.5 Å². The van der Waals surface area contributed by atoms with Gasteiger partial charge in [0.15, 0.2) is 29.3 Å². The number of hydrogen-bond donors (Lipinski definition) is 1. The summed E-state index contributed by atoms with van der Waals surface area (Å²) >= 11 is 0.779. The van der Waals surface area contributed by atoms with E-state index < -0.39 is 77.8 Å². The Labute approximate surface area is 283 Å². The average Bonchev–Trinajstić information content (AvgIpc) is 3.59. The highest BCUT2D eigenvalue weighted by Crippen LogP contribution is 2.41. The number of thioether (sulfide) groups is 1. The molecule has 0 radical (unpaired) electrons. The summed E-state index contributed by atoms with van der Waals surface area (Å²) in [7, 11) is 0. The molecule has 3 aromatic rings. The van der Waals surface area contributed by atoms with Crippen LogP contribution in [0.4, 0.5) is 4.79 Å². The molecule has 1 aromatic heterocycles. The van der Waals surface area contributed by atoms with Gasteiger partial charge >= 0.3 is 29.9 Å². The quantitative estimate of drug-likeness (QED) is 0.174. The van der Waals surface area contributed by atoms with Crippen molar-refractivity contribution in [1.29, 1.82) is 0 Å². The van der Waals surface area contributed by atoms with E-state index in [1.165, 1.54) is 11.8 Å². The van der Waals surface area contributed by atoms with Crippen LogP contribution in [0.3, 0.4) is 0 Å². The van der Waals surface area contributed by atoms with E-state index in [9.17, 15) is 28.8 Å². The fourth-order valence-electron chi connectivity index (χ4n) is 5.69. The molecule has 2 aliphatic heterocycles. The molecule has 3 amide bonds. The molecule has 0 aliphatic carbocycles. The lowest BCUT2D eigenvalue weighted by molar-refractivity contribution is -0.237. The number of esters is 4. The topological polar surface area (TPSA) is 203 Å². The Bertz CT molecular complexity index is 1680. The van der Waals surface area contributed by atoms with Crippen molar-refractivity contribution in [2.24, 2.45) is 0 Å². The first-order valence-electron chi connectivity index (χ1n) is 14.9. The molecule has 258 valence electrons. The van der Waals surface area contributed by atoms with Crippen molar-refractivity contribution in [3.63, 3.8) is 0 Å². The number of urea groups is 1. The molecule has 0 spiro atoms. The predicted octanol–water partition coefficient (Wildman–Crippen LogP) is 2.24. The van der Waals surface area contributed by atoms with Gasteiger partial charge in [-0.25, -0.2) is 4.79 Å². The number of nitrogens with zero attached hydrogens (tertiary/aromatic N) is 3. The minimum Gasteiger partial charge on any atom is -0.463 e. The second-order valence-corrected chi connectivity index (χ2v) is 12.0. The predicted molar refractivity (Wildman–Crippen MR) is 165 cm³/mol. The van der Waals surface area contributed by atoms with Crippen molar-refractivity contribution < 1.29 is 56.9 Å². The van der Waals surface area contributed by atoms with Crippen LogP contribution in [0.5, 0.6) is 0 Å². The number of imide groups is 1. The number of carbonyl (C=O) groups excluding carboxylic acids is 6. The summed E-state index contributed by atoms with van der Waals surface area (Å²) in [5.74, 6) is -3.61. The minimum atomic E-state index is -1.57. The average molecular weight is 697 g/mol. The van der Waals surface area contributed by atoms with E-state index in [4.69, 9.17) is 28.1 Å². The van der Waals surface area contributed by atoms with Crippen LogP contribution >= 0.6 is 11.8 Å². The monoisotopic (exact) mass is 696 g/mol. The molecule has 0 bridgehead atoms. The van der Waals surface area contributed by atoms with Crippen molar-refractivity contribution in [2.45, 2.75) is 74.9 Å². The Kier molecular flexibility index (Phi) is 10.6. The van der Waals surface area contributed by atoms with E-state index in [2.05, 4.69) is 15.5 Å². The van der Waals surface area contributed by atoms with Gasteiger partial charge in [-0.3, -0.25) is 34.2 Å². The van der Waals surface area contributed by atoms with Crippen molar-refractivity contribution >= 4 is 47.6 Å². The third-order valence-corrected chi connectivity index (χ3v) is 8.47. The molecule has 0 unspecified atom stereocenters. The normalized spacial score (nSPS) is 22.9. The zero-order chi connectivity index (χ0) is 35.3. The summed E-state index contributed by atoms with van der Waals surface area (Å²) in [5, 5.41) is 10.4. The zero-order valence-electron chi connectivity index (χ0n) is 26.7. The summed E-state index contributed by atoms with van der Waals surface area (Å²) in [6.45, 7) is 3.81. The lowest BCUT2D eigenvalue weighted by atomic mass is 9.81. The fraction of sp³-hybridized carbons (Fsp3) is 0.375. The third-order valence-electron chi connectivity index (χ3n) is 7.49. The first kappa shape index (κ1) is 35.0. The lowest BCUT2D eigenvalue weighted by Crippen LogP contribution is -2.61. The van der Waals surface area contributed by atoms with Crippen molar-refractivity contribution in [3.05, 3.63) is 77.7 Å². The molecule has 2 fully saturated rings. The van der Waals surface area contributed by atoms with Gasteiger partial charge in [-0.2, -0.15) is 0 Å². The van der Waals surface area contributed by atoms with Crippen molar-refractivity contribution in [1.82, 2.24) is 20.4 Å². The first-order valence-corrected chi connectivity index (χ1v) is 15.8. The molecule has 1 N–H and O–H groups in total. The maximum atomic E-state index is 13.6. The highest BCUT2D eigenvalue weighted by Gasteiger charge is 2.56. The first-order chi connectivity index (χ1) is 23.4. The molecule has 5 rings (SSSR count). The molecule has 2 aromatic carbocycles. The second-order valence-electron chi connectivity index (χ2n) is 10.9. The highest BCUT2D eigenvalue weighted by atomic mass is 32.2. The Balaban J connectivity index is 1.47. The van der Waals surface area contributed by atoms with Gasteiger partial charge in [0.1, 0.15) is 19.3 Å². The Morgan fingerprint density at radius 2 is 1.35 bits per heavy atom. The van der Waals surface area contributed by atoms with Crippen LogP contribution in [-0.2, 0) is 59.7 Å². The number of nitrogens with one attached hydrogen (secondary N) is 1. The molecule has 17 heteroatoms. The van der Waals surface area contributed by atoms with Crippen LogP contribution in [-0.4, -0.2) is 87.4 Å². The van der Waals surface area contributed by atoms with Gasteiger partial charge in [0.25, 0.3) is 11.1 Å². The maximum absolute atomic E-state index is 13.6. The number of carbonyl (C=O) groups is 6. The van der Waals surface area contributed by atoms with Crippen LogP contribution in [0.15, 0.2) is 70.3 Å². The number of hydrogen-bond acceptors (Lipinski definition) is 15. The molecule has 49 heavy (non-hydrogen) atoms. The summed E-state index contributed by atoms with van der Waals surface area (Å²) in [6, 6.07) is 16.8. The summed E-state index contributed by atoms with van der Waals surface area (Å²) < 4.78 is 33.5. The Hall–Kier alpha value is -5.29. The van der Waals surface area contributed by atoms with Crippen LogP contribution < -0.4 is 5.32 Å². The van der Waals surface area contributed by atoms with Crippen LogP contribution in [0, 0.1) is 0 Å². The number of aromatic nitrogens is 2. The Morgan fingerprint density at radius 1 is 0.796 bits per heavy atom. The Morgan fingerprint density at radius 3 is 1.90 bits per heavy atom. The largest absolute Gasteiger partial charge is 0.463 e. The molecular weight excluding hydrogens is 664 g/mol. The van der Waals surface area contributed by atoms with Crippen molar-refractivity contribution in [2.75, 3.05) is 6.61 Å². The van der Waals surface area contributed by atoms with Gasteiger partial charge in [-0.15, -0.1) is 10.2 Å². The fourth-order valence-corrected chi connectivity index (χ4v) is 6.66. The van der Waals surface area contributed by atoms with E-state index in [-0.39, 0.29) is 17.7 Å². The standard InChI is InChI=1S/C32H32N4O12S/c1-17(37)43-16-23-25(44-18(2)38)26(45-19(3)39)27(46-20(4)40)28(47-23)49-31-35-34-24(48-31)15-36-30(42)33-29(41)32(36,21-11-7-5-8-12-21)22-13-9-6-10-14-22/h5-14,23,25-28H,15-16H2,1-4H3,(H,33,41,42)/t23-,25-,26+,27-,28+/m1/s1. The zero-order valence-corrected chi connectivity index (χ0v) is 27.5. The van der Waals surface area contributed by atoms with E-state index in [1.807, 2.05) is 0 Å². The second kappa shape index (κ2) is 14.9. The molecule has 0 saturated carbocycles. The van der Waals surface area contributed by atoms with Gasteiger partial charge in [-0.1, -0.05) is 60.7 Å². The van der Waals surface area contributed by atoms with Crippen molar-refractivity contribution in [3.8, 4) is 0 Å². The molecule has 5 atom stereocenters. The number of benzene rings is 2. The molecule has 2 saturated heterocycles. The van der Waals surface area contributed by atoms with E-state index in [0.29, 0.717) is 11.1 Å².